The Balaban J connectivity index is 3.91. The van der Waals surface area contributed by atoms with E-state index < -0.39 is 0 Å². The molecule has 0 aliphatic rings. The highest BCUT2D eigenvalue weighted by atomic mass is 14.2. The summed E-state index contributed by atoms with van der Waals surface area (Å²) in [6.45, 7) is 12.4. The van der Waals surface area contributed by atoms with Crippen molar-refractivity contribution >= 4 is 0 Å². The van der Waals surface area contributed by atoms with Gasteiger partial charge in [0, 0.05) is 5.57 Å². The van der Waals surface area contributed by atoms with Gasteiger partial charge in [0.1, 0.15) is 0 Å². The molecule has 0 amide bonds. The molecule has 0 spiro atoms. The molecule has 0 saturated heterocycles. The first kappa shape index (κ1) is 18.4. The van der Waals surface area contributed by atoms with Gasteiger partial charge in [-0.25, -0.2) is 0 Å². The lowest BCUT2D eigenvalue weighted by atomic mass is 10.0. The van der Waals surface area contributed by atoms with E-state index in [2.05, 4.69) is 58.6 Å². The summed E-state index contributed by atoms with van der Waals surface area (Å²) in [6, 6.07) is 2.09. The molecule has 110 valence electrons. The number of rotatable bonds is 9. The Labute approximate surface area is 125 Å². The van der Waals surface area contributed by atoms with Crippen LogP contribution in [0.5, 0.6) is 0 Å². The summed E-state index contributed by atoms with van der Waals surface area (Å²) in [6.07, 6.45) is 13.1. The maximum atomic E-state index is 8.63. The number of allylic oxidation sites excluding steroid dienone is 7. The van der Waals surface area contributed by atoms with Crippen molar-refractivity contribution in [3.05, 3.63) is 47.1 Å². The zero-order chi connectivity index (χ0) is 15.4. The normalized spacial score (nSPS) is 11.9. The van der Waals surface area contributed by atoms with Gasteiger partial charge in [-0.1, -0.05) is 41.5 Å². The van der Waals surface area contributed by atoms with Crippen LogP contribution in [-0.4, -0.2) is 0 Å². The van der Waals surface area contributed by atoms with Gasteiger partial charge in [-0.3, -0.25) is 0 Å². The molecular formula is C19H29N. The summed E-state index contributed by atoms with van der Waals surface area (Å²) >= 11 is 0. The van der Waals surface area contributed by atoms with Crippen LogP contribution in [0.1, 0.15) is 66.2 Å². The molecule has 0 aliphatic carbocycles. The van der Waals surface area contributed by atoms with Crippen molar-refractivity contribution in [1.29, 1.82) is 5.26 Å². The van der Waals surface area contributed by atoms with E-state index in [0.29, 0.717) is 5.57 Å². The Morgan fingerprint density at radius 2 is 1.30 bits per heavy atom. The fraction of sp³-hybridized carbons (Fsp3) is 0.526. The Morgan fingerprint density at radius 3 is 1.75 bits per heavy atom. The maximum Gasteiger partial charge on any atom is 0.0940 e. The summed E-state index contributed by atoms with van der Waals surface area (Å²) in [5.41, 5.74) is 4.96. The molecule has 0 heterocycles. The van der Waals surface area contributed by atoms with Crippen molar-refractivity contribution in [3.8, 4) is 6.07 Å². The summed E-state index contributed by atoms with van der Waals surface area (Å²) in [4.78, 5) is 0. The average molecular weight is 271 g/mol. The third-order valence-electron chi connectivity index (χ3n) is 3.22. The Kier molecular flexibility index (Phi) is 10.4. The minimum Gasteiger partial charge on any atom is -0.193 e. The predicted molar refractivity (Wildman–Crippen MR) is 89.4 cm³/mol. The molecule has 0 atom stereocenters. The fourth-order valence-corrected chi connectivity index (χ4v) is 1.89. The van der Waals surface area contributed by atoms with Crippen LogP contribution >= 0.6 is 0 Å². The van der Waals surface area contributed by atoms with Gasteiger partial charge in [-0.15, -0.1) is 0 Å². The fourth-order valence-electron chi connectivity index (χ4n) is 1.89. The number of nitriles is 1. The van der Waals surface area contributed by atoms with E-state index >= 15 is 0 Å². The number of hydrogen-bond acceptors (Lipinski definition) is 1. The molecule has 0 aliphatic heterocycles. The first-order chi connectivity index (χ1) is 9.45. The average Bonchev–Trinajstić information content (AvgIpc) is 2.38. The topological polar surface area (TPSA) is 23.8 Å². The van der Waals surface area contributed by atoms with Gasteiger partial charge in [0.05, 0.1) is 6.07 Å². The molecule has 1 heteroatoms. The van der Waals surface area contributed by atoms with Crippen LogP contribution in [0.25, 0.3) is 0 Å². The lowest BCUT2D eigenvalue weighted by Crippen LogP contribution is -1.82. The van der Waals surface area contributed by atoms with Crippen molar-refractivity contribution in [2.24, 2.45) is 0 Å². The van der Waals surface area contributed by atoms with Crippen molar-refractivity contribution in [3.63, 3.8) is 0 Å². The molecule has 1 nitrogen and oxygen atoms in total. The van der Waals surface area contributed by atoms with Gasteiger partial charge in [-0.05, 0) is 66.2 Å². The maximum absolute atomic E-state index is 8.63. The molecule has 0 bridgehead atoms. The van der Waals surface area contributed by atoms with Crippen LogP contribution in [0.2, 0.25) is 0 Å². The third kappa shape index (κ3) is 11.5. The monoisotopic (exact) mass is 271 g/mol. The van der Waals surface area contributed by atoms with E-state index in [0.717, 1.165) is 38.5 Å². The van der Waals surface area contributed by atoms with Gasteiger partial charge < -0.3 is 0 Å². The molecule has 0 rings (SSSR count). The van der Waals surface area contributed by atoms with E-state index in [1.807, 2.05) is 0 Å². The standard InChI is InChI=1S/C19H29N/c1-16(2)9-6-10-17(3)11-7-12-18(4)13-8-14-19(5)15-20/h9,11,13H,5-8,10,12,14H2,1-4H3. The summed E-state index contributed by atoms with van der Waals surface area (Å²) in [5, 5.41) is 8.63. The van der Waals surface area contributed by atoms with Gasteiger partial charge in [0.25, 0.3) is 0 Å². The van der Waals surface area contributed by atoms with E-state index in [1.54, 1.807) is 0 Å². The van der Waals surface area contributed by atoms with E-state index in [9.17, 15) is 0 Å². The van der Waals surface area contributed by atoms with Gasteiger partial charge in [-0.2, -0.15) is 5.26 Å². The number of hydrogen-bond donors (Lipinski definition) is 0. The molecule has 0 fully saturated rings. The smallest absolute Gasteiger partial charge is 0.0940 e. The first-order valence-electron chi connectivity index (χ1n) is 7.48. The molecule has 0 aromatic carbocycles. The molecule has 0 radical (unpaired) electrons. The van der Waals surface area contributed by atoms with Crippen molar-refractivity contribution < 1.29 is 0 Å². The van der Waals surface area contributed by atoms with E-state index in [4.69, 9.17) is 5.26 Å². The predicted octanol–water partition coefficient (Wildman–Crippen LogP) is 6.27. The van der Waals surface area contributed by atoms with Crippen molar-refractivity contribution in [1.82, 2.24) is 0 Å². The second-order valence-corrected chi connectivity index (χ2v) is 5.71. The van der Waals surface area contributed by atoms with Crippen LogP contribution < -0.4 is 0 Å². The lowest BCUT2D eigenvalue weighted by molar-refractivity contribution is 0.905. The highest BCUT2D eigenvalue weighted by Crippen LogP contribution is 2.12. The highest BCUT2D eigenvalue weighted by Gasteiger charge is 1.93. The largest absolute Gasteiger partial charge is 0.193 e. The Hall–Kier alpha value is -1.55. The molecule has 20 heavy (non-hydrogen) atoms. The molecular weight excluding hydrogens is 242 g/mol. The van der Waals surface area contributed by atoms with Crippen LogP contribution in [0.3, 0.4) is 0 Å². The second kappa shape index (κ2) is 11.3. The van der Waals surface area contributed by atoms with Crippen LogP contribution in [0.4, 0.5) is 0 Å². The van der Waals surface area contributed by atoms with Gasteiger partial charge >= 0.3 is 0 Å². The minimum atomic E-state index is 0.670. The summed E-state index contributed by atoms with van der Waals surface area (Å²) < 4.78 is 0. The summed E-state index contributed by atoms with van der Waals surface area (Å²) in [5.74, 6) is 0. The van der Waals surface area contributed by atoms with Crippen LogP contribution in [0, 0.1) is 11.3 Å². The Morgan fingerprint density at radius 1 is 0.850 bits per heavy atom. The Bertz CT molecular complexity index is 423. The zero-order valence-corrected chi connectivity index (χ0v) is 13.6. The van der Waals surface area contributed by atoms with E-state index in [1.165, 1.54) is 16.7 Å². The molecule has 0 aromatic rings. The molecule has 0 N–H and O–H groups in total. The minimum absolute atomic E-state index is 0.670. The third-order valence-corrected chi connectivity index (χ3v) is 3.22. The molecule has 0 aromatic heterocycles. The van der Waals surface area contributed by atoms with Crippen LogP contribution in [0.15, 0.2) is 47.1 Å². The zero-order valence-electron chi connectivity index (χ0n) is 13.6. The van der Waals surface area contributed by atoms with Crippen LogP contribution in [-0.2, 0) is 0 Å². The molecule has 0 saturated carbocycles. The highest BCUT2D eigenvalue weighted by molar-refractivity contribution is 5.16. The summed E-state index contributed by atoms with van der Waals surface area (Å²) in [7, 11) is 0. The molecule has 0 unspecified atom stereocenters. The lowest BCUT2D eigenvalue weighted by Gasteiger charge is -2.01. The van der Waals surface area contributed by atoms with Crippen molar-refractivity contribution in [2.45, 2.75) is 66.2 Å². The van der Waals surface area contributed by atoms with Gasteiger partial charge in [0.15, 0.2) is 0 Å². The van der Waals surface area contributed by atoms with E-state index in [-0.39, 0.29) is 0 Å². The first-order valence-corrected chi connectivity index (χ1v) is 7.48. The van der Waals surface area contributed by atoms with Crippen molar-refractivity contribution in [2.75, 3.05) is 0 Å². The van der Waals surface area contributed by atoms with Gasteiger partial charge in [0.2, 0.25) is 0 Å². The SMILES string of the molecule is C=C(C#N)CCC=C(C)CCC=C(C)CCC=C(C)C. The number of nitrogens with zero attached hydrogens (tertiary/aromatic N) is 1. The second-order valence-electron chi connectivity index (χ2n) is 5.71. The quantitative estimate of drug-likeness (QED) is 0.358.